The molecule has 1 unspecified atom stereocenters. The molecule has 0 aromatic heterocycles. The van der Waals surface area contributed by atoms with E-state index in [1.807, 2.05) is 0 Å². The van der Waals surface area contributed by atoms with Crippen molar-refractivity contribution in [3.8, 4) is 0 Å². The molecule has 0 bridgehead atoms. The van der Waals surface area contributed by atoms with E-state index in [9.17, 15) is 13.6 Å². The number of amidine groups is 1. The van der Waals surface area contributed by atoms with Crippen LogP contribution in [0.1, 0.15) is 6.42 Å². The molecule has 9 heteroatoms. The van der Waals surface area contributed by atoms with Crippen molar-refractivity contribution in [2.24, 2.45) is 10.7 Å². The fourth-order valence-corrected chi connectivity index (χ4v) is 3.74. The van der Waals surface area contributed by atoms with Crippen molar-refractivity contribution >= 4 is 11.7 Å². The molecule has 2 fully saturated rings. The van der Waals surface area contributed by atoms with Crippen molar-refractivity contribution in [2.45, 2.75) is 17.9 Å². The molecule has 142 valence electrons. The second-order valence-corrected chi connectivity index (χ2v) is 7.06. The number of aliphatic imine (C=N–C) groups is 1. The Labute approximate surface area is 151 Å². The van der Waals surface area contributed by atoms with Crippen LogP contribution in [0.25, 0.3) is 0 Å². The highest BCUT2D eigenvalue weighted by Gasteiger charge is 2.70. The first kappa shape index (κ1) is 18.4. The number of nitrogens with one attached hydrogen (secondary N) is 1. The average Bonchev–Trinajstić information content (AvgIpc) is 3.20. The van der Waals surface area contributed by atoms with Crippen molar-refractivity contribution in [3.63, 3.8) is 0 Å². The Kier molecular flexibility index (Phi) is 4.51. The zero-order valence-corrected chi connectivity index (χ0v) is 15.0. The van der Waals surface area contributed by atoms with Gasteiger partial charge < -0.3 is 25.8 Å². The number of hydrogen-bond acceptors (Lipinski definition) is 5. The molecule has 3 heterocycles. The van der Waals surface area contributed by atoms with Crippen LogP contribution in [0.15, 0.2) is 41.4 Å². The summed E-state index contributed by atoms with van der Waals surface area (Å²) in [5.74, 6) is -2.31. The molecule has 3 aliphatic heterocycles. The molecule has 1 atom stereocenters. The summed E-state index contributed by atoms with van der Waals surface area (Å²) in [6, 6.07) is 0. The van der Waals surface area contributed by atoms with E-state index >= 15 is 0 Å². The van der Waals surface area contributed by atoms with Gasteiger partial charge in [-0.1, -0.05) is 6.58 Å². The first-order valence-corrected chi connectivity index (χ1v) is 8.42. The molecule has 3 rings (SSSR count). The molecule has 0 aromatic carbocycles. The predicted octanol–water partition coefficient (Wildman–Crippen LogP) is 0.299. The van der Waals surface area contributed by atoms with Gasteiger partial charge in [-0.25, -0.2) is 13.8 Å². The Morgan fingerprint density at radius 3 is 2.85 bits per heavy atom. The molecule has 26 heavy (non-hydrogen) atoms. The summed E-state index contributed by atoms with van der Waals surface area (Å²) in [7, 11) is 3.48. The summed E-state index contributed by atoms with van der Waals surface area (Å²) in [5.41, 5.74) is 5.38. The van der Waals surface area contributed by atoms with Gasteiger partial charge in [-0.15, -0.1) is 0 Å². The molecule has 0 aliphatic carbocycles. The number of amides is 1. The molecule has 1 amide bonds. The molecule has 0 radical (unpaired) electrons. The normalized spacial score (nSPS) is 30.1. The highest BCUT2D eigenvalue weighted by Crippen LogP contribution is 2.50. The first-order chi connectivity index (χ1) is 12.2. The number of likely N-dealkylation sites (tertiary alicyclic amines) is 2. The van der Waals surface area contributed by atoms with E-state index in [1.54, 1.807) is 36.2 Å². The minimum Gasteiger partial charge on any atom is -0.385 e. The zero-order valence-electron chi connectivity index (χ0n) is 15.0. The number of hydrogen-bond donors (Lipinski definition) is 2. The summed E-state index contributed by atoms with van der Waals surface area (Å²) in [6.45, 7) is 3.49. The van der Waals surface area contributed by atoms with Crippen LogP contribution in [0.5, 0.6) is 0 Å². The number of rotatable bonds is 4. The molecule has 0 saturated carbocycles. The number of alkyl halides is 2. The second kappa shape index (κ2) is 6.39. The van der Waals surface area contributed by atoms with Crippen LogP contribution in [0.4, 0.5) is 8.78 Å². The average molecular weight is 366 g/mol. The van der Waals surface area contributed by atoms with E-state index in [0.29, 0.717) is 23.8 Å². The van der Waals surface area contributed by atoms with Gasteiger partial charge in [0.25, 0.3) is 5.92 Å². The van der Waals surface area contributed by atoms with Gasteiger partial charge in [-0.05, 0) is 26.6 Å². The minimum atomic E-state index is -2.92. The van der Waals surface area contributed by atoms with Crippen LogP contribution in [-0.2, 0) is 4.79 Å². The van der Waals surface area contributed by atoms with Gasteiger partial charge in [0.1, 0.15) is 17.2 Å². The maximum absolute atomic E-state index is 14.5. The molecular weight excluding hydrogens is 342 g/mol. The van der Waals surface area contributed by atoms with E-state index in [4.69, 9.17) is 5.73 Å². The number of nitrogens with zero attached hydrogens (tertiary/aromatic N) is 4. The van der Waals surface area contributed by atoms with E-state index in [0.717, 1.165) is 0 Å². The van der Waals surface area contributed by atoms with Gasteiger partial charge in [0.05, 0.1) is 18.7 Å². The highest BCUT2D eigenvalue weighted by molar-refractivity contribution is 6.04. The molecule has 1 spiro atoms. The SMILES string of the molecule is C=C/N=C1/NC=C/C1=C(/N)N1CCC2(C1)N(C(=O)CN(C)C)CC2(F)F. The number of carbonyl (C=O) groups excluding carboxylic acids is 1. The fourth-order valence-electron chi connectivity index (χ4n) is 3.74. The molecule has 2 saturated heterocycles. The number of nitrogens with two attached hydrogens (primary N) is 1. The summed E-state index contributed by atoms with van der Waals surface area (Å²) >= 11 is 0. The first-order valence-electron chi connectivity index (χ1n) is 8.42. The lowest BCUT2D eigenvalue weighted by molar-refractivity contribution is -0.236. The zero-order chi connectivity index (χ0) is 19.1. The van der Waals surface area contributed by atoms with E-state index in [-0.39, 0.29) is 25.4 Å². The van der Waals surface area contributed by atoms with Gasteiger partial charge in [0.15, 0.2) is 0 Å². The van der Waals surface area contributed by atoms with Crippen LogP contribution >= 0.6 is 0 Å². The number of halogens is 2. The van der Waals surface area contributed by atoms with Crippen molar-refractivity contribution < 1.29 is 13.6 Å². The Hall–Kier alpha value is -2.42. The largest absolute Gasteiger partial charge is 0.385 e. The van der Waals surface area contributed by atoms with Crippen molar-refractivity contribution in [2.75, 3.05) is 40.3 Å². The lowest BCUT2D eigenvalue weighted by Gasteiger charge is -2.56. The number of likely N-dealkylation sites (N-methyl/N-ethyl adjacent to an activating group) is 1. The third-order valence-corrected chi connectivity index (χ3v) is 5.12. The number of carbonyl (C=O) groups is 1. The maximum atomic E-state index is 14.5. The molecule has 3 N–H and O–H groups in total. The third kappa shape index (κ3) is 2.76. The topological polar surface area (TPSA) is 77.2 Å². The van der Waals surface area contributed by atoms with E-state index in [1.165, 1.54) is 11.1 Å². The molecular formula is C17H24F2N6O. The van der Waals surface area contributed by atoms with E-state index < -0.39 is 18.0 Å². The fraction of sp³-hybridized carbons (Fsp3) is 0.529. The lowest BCUT2D eigenvalue weighted by atomic mass is 9.79. The van der Waals surface area contributed by atoms with E-state index in [2.05, 4.69) is 16.9 Å². The standard InChI is InChI=1S/C17H24F2N6O/c1-4-21-15-12(5-7-22-15)14(20)24-8-6-16(10-24)17(18,19)11-25(16)13(26)9-23(2)3/h4-5,7H,1,6,8-11,20H2,2-3H3,(H,21,22)/b14-12+. The van der Waals surface area contributed by atoms with Crippen molar-refractivity contribution in [3.05, 3.63) is 36.4 Å². The van der Waals surface area contributed by atoms with Gasteiger partial charge >= 0.3 is 0 Å². The maximum Gasteiger partial charge on any atom is 0.289 e. The van der Waals surface area contributed by atoms with Crippen molar-refractivity contribution in [1.29, 1.82) is 0 Å². The lowest BCUT2D eigenvalue weighted by Crippen LogP contribution is -2.78. The third-order valence-electron chi connectivity index (χ3n) is 5.12. The summed E-state index contributed by atoms with van der Waals surface area (Å²) in [6.07, 6.45) is 4.99. The monoisotopic (exact) mass is 366 g/mol. The molecule has 0 aromatic rings. The smallest absolute Gasteiger partial charge is 0.289 e. The Balaban J connectivity index is 1.83. The summed E-state index contributed by atoms with van der Waals surface area (Å²) in [5, 5.41) is 2.94. The molecule has 7 nitrogen and oxygen atoms in total. The van der Waals surface area contributed by atoms with Gasteiger partial charge in [0, 0.05) is 25.5 Å². The second-order valence-electron chi connectivity index (χ2n) is 7.06. The van der Waals surface area contributed by atoms with Crippen molar-refractivity contribution in [1.82, 2.24) is 20.0 Å². The Morgan fingerprint density at radius 2 is 2.23 bits per heavy atom. The van der Waals surface area contributed by atoms with Gasteiger partial charge in [0.2, 0.25) is 5.91 Å². The Morgan fingerprint density at radius 1 is 1.50 bits per heavy atom. The minimum absolute atomic E-state index is 0.00368. The van der Waals surface area contributed by atoms with Crippen LogP contribution < -0.4 is 11.1 Å². The van der Waals surface area contributed by atoms with Gasteiger partial charge in [-0.3, -0.25) is 4.79 Å². The van der Waals surface area contributed by atoms with Crippen LogP contribution in [0.3, 0.4) is 0 Å². The quantitative estimate of drug-likeness (QED) is 0.748. The van der Waals surface area contributed by atoms with Crippen LogP contribution in [-0.4, -0.2) is 78.2 Å². The Bertz CT molecular complexity index is 714. The summed E-state index contributed by atoms with van der Waals surface area (Å²) < 4.78 is 29.0. The molecule has 3 aliphatic rings. The van der Waals surface area contributed by atoms with Crippen LogP contribution in [0.2, 0.25) is 0 Å². The predicted molar refractivity (Wildman–Crippen MR) is 95.3 cm³/mol. The summed E-state index contributed by atoms with van der Waals surface area (Å²) in [4.78, 5) is 21.2. The van der Waals surface area contributed by atoms with Crippen LogP contribution in [0, 0.1) is 0 Å². The van der Waals surface area contributed by atoms with Gasteiger partial charge in [-0.2, -0.15) is 0 Å². The highest BCUT2D eigenvalue weighted by atomic mass is 19.3.